The summed E-state index contributed by atoms with van der Waals surface area (Å²) in [4.78, 5) is 36.5. The molecule has 1 aromatic carbocycles. The fourth-order valence-electron chi connectivity index (χ4n) is 4.76. The van der Waals surface area contributed by atoms with Crippen LogP contribution in [0.3, 0.4) is 0 Å². The van der Waals surface area contributed by atoms with Crippen molar-refractivity contribution < 1.29 is 37.0 Å². The molecule has 0 radical (unpaired) electrons. The number of ether oxygens (including phenoxy) is 2. The first kappa shape index (κ1) is 21.6. The summed E-state index contributed by atoms with van der Waals surface area (Å²) in [5.74, 6) is -1.12. The van der Waals surface area contributed by atoms with Crippen LogP contribution in [0.2, 0.25) is 0 Å². The van der Waals surface area contributed by atoms with Gasteiger partial charge in [0.15, 0.2) is 5.78 Å². The van der Waals surface area contributed by atoms with Crippen molar-refractivity contribution in [3.63, 3.8) is 0 Å². The third-order valence-corrected chi connectivity index (χ3v) is 6.39. The topological polar surface area (TPSA) is 93.7 Å². The summed E-state index contributed by atoms with van der Waals surface area (Å²) in [6.45, 7) is 0.00353. The highest BCUT2D eigenvalue weighted by Crippen LogP contribution is 2.67. The van der Waals surface area contributed by atoms with Crippen molar-refractivity contribution in [1.29, 1.82) is 0 Å². The molecule has 2 bridgehead atoms. The average Bonchev–Trinajstić information content (AvgIpc) is 2.62. The van der Waals surface area contributed by atoms with Crippen molar-refractivity contribution in [2.24, 2.45) is 11.3 Å². The van der Waals surface area contributed by atoms with Crippen molar-refractivity contribution in [3.05, 3.63) is 35.9 Å². The van der Waals surface area contributed by atoms with Crippen LogP contribution in [0.5, 0.6) is 0 Å². The lowest BCUT2D eigenvalue weighted by molar-refractivity contribution is -0.353. The Kier molecular flexibility index (Phi) is 5.45. The van der Waals surface area contributed by atoms with E-state index in [9.17, 15) is 27.6 Å². The van der Waals surface area contributed by atoms with E-state index < -0.39 is 41.3 Å². The lowest BCUT2D eigenvalue weighted by Gasteiger charge is -2.69. The summed E-state index contributed by atoms with van der Waals surface area (Å²) in [5, 5.41) is 5.35. The van der Waals surface area contributed by atoms with E-state index in [2.05, 4.69) is 15.4 Å². The van der Waals surface area contributed by atoms with Gasteiger partial charge in [-0.3, -0.25) is 14.3 Å². The highest BCUT2D eigenvalue weighted by molar-refractivity contribution is 5.94. The maximum atomic E-state index is 12.5. The first-order valence-corrected chi connectivity index (χ1v) is 10.1. The minimum Gasteiger partial charge on any atom is -0.445 e. The number of carbonyl (C=O) groups is 3. The molecule has 10 heteroatoms. The van der Waals surface area contributed by atoms with Gasteiger partial charge in [-0.15, -0.1) is 13.2 Å². The van der Waals surface area contributed by atoms with Crippen LogP contribution in [0.15, 0.2) is 30.3 Å². The molecule has 4 fully saturated rings. The van der Waals surface area contributed by atoms with E-state index in [1.165, 1.54) is 0 Å². The predicted molar refractivity (Wildman–Crippen MR) is 100 cm³/mol. The Bertz CT molecular complexity index is 848. The molecule has 5 rings (SSSR count). The Morgan fingerprint density at radius 3 is 2.32 bits per heavy atom. The number of ketones is 1. The van der Waals surface area contributed by atoms with E-state index in [1.54, 1.807) is 0 Å². The highest BCUT2D eigenvalue weighted by Gasteiger charge is 2.71. The van der Waals surface area contributed by atoms with Crippen molar-refractivity contribution in [3.8, 4) is 0 Å². The number of Topliss-reactive ketones (excluding diaryl/α,β-unsaturated/α-hetero) is 1. The quantitative estimate of drug-likeness (QED) is 0.649. The monoisotopic (exact) mass is 440 g/mol. The number of nitrogens with one attached hydrogen (secondary N) is 2. The van der Waals surface area contributed by atoms with Gasteiger partial charge >= 0.3 is 12.5 Å². The average molecular weight is 440 g/mol. The summed E-state index contributed by atoms with van der Waals surface area (Å²) in [6.07, 6.45) is -4.76. The maximum absolute atomic E-state index is 12.5. The third kappa shape index (κ3) is 4.68. The van der Waals surface area contributed by atoms with Crippen LogP contribution in [0.25, 0.3) is 0 Å². The molecule has 2 N–H and O–H groups in total. The Morgan fingerprint density at radius 2 is 1.71 bits per heavy atom. The third-order valence-electron chi connectivity index (χ3n) is 6.39. The van der Waals surface area contributed by atoms with Gasteiger partial charge < -0.3 is 15.4 Å². The smallest absolute Gasteiger partial charge is 0.445 e. The van der Waals surface area contributed by atoms with Gasteiger partial charge in [-0.2, -0.15) is 0 Å². The molecule has 2 amide bonds. The van der Waals surface area contributed by atoms with E-state index in [4.69, 9.17) is 4.74 Å². The van der Waals surface area contributed by atoms with Crippen LogP contribution in [0.4, 0.5) is 18.0 Å². The van der Waals surface area contributed by atoms with Gasteiger partial charge in [-0.25, -0.2) is 4.79 Å². The highest BCUT2D eigenvalue weighted by atomic mass is 19.4. The molecule has 0 spiro atoms. The number of halogens is 3. The van der Waals surface area contributed by atoms with E-state index in [0.29, 0.717) is 19.3 Å². The zero-order chi connectivity index (χ0) is 22.3. The van der Waals surface area contributed by atoms with Gasteiger partial charge in [0.1, 0.15) is 6.61 Å². The molecular formula is C21H23F3N2O5. The maximum Gasteiger partial charge on any atom is 0.522 e. The first-order valence-electron chi connectivity index (χ1n) is 10.1. The van der Waals surface area contributed by atoms with Gasteiger partial charge in [0.25, 0.3) is 0 Å². The van der Waals surface area contributed by atoms with Gasteiger partial charge in [0, 0.05) is 16.9 Å². The molecule has 7 nitrogen and oxygen atoms in total. The minimum absolute atomic E-state index is 0.0111. The number of amides is 2. The number of hydrogen-bond donors (Lipinski definition) is 2. The van der Waals surface area contributed by atoms with E-state index in [0.717, 1.165) is 5.56 Å². The second-order valence-corrected chi connectivity index (χ2v) is 8.77. The molecule has 1 aromatic rings. The lowest BCUT2D eigenvalue weighted by atomic mass is 9.38. The summed E-state index contributed by atoms with van der Waals surface area (Å²) < 4.78 is 45.4. The van der Waals surface area contributed by atoms with Crippen LogP contribution in [-0.2, 0) is 25.7 Å². The van der Waals surface area contributed by atoms with Crippen molar-refractivity contribution >= 4 is 17.8 Å². The van der Waals surface area contributed by atoms with Gasteiger partial charge in [0.05, 0.1) is 12.6 Å². The largest absolute Gasteiger partial charge is 0.522 e. The van der Waals surface area contributed by atoms with Gasteiger partial charge in [-0.1, -0.05) is 30.3 Å². The SMILES string of the molecule is O=C(NC12CC(C(=O)CNC(=O)[C@H]3C[C@@H](OC(F)(F)F)C3)(C1)C2)OCc1ccccc1. The van der Waals surface area contributed by atoms with Crippen LogP contribution >= 0.6 is 0 Å². The molecule has 168 valence electrons. The Labute approximate surface area is 176 Å². The van der Waals surface area contributed by atoms with E-state index in [1.807, 2.05) is 30.3 Å². The summed E-state index contributed by atoms with van der Waals surface area (Å²) >= 11 is 0. The number of carbonyl (C=O) groups excluding carboxylic acids is 3. The molecule has 4 aliphatic rings. The molecular weight excluding hydrogens is 417 g/mol. The molecule has 0 heterocycles. The van der Waals surface area contributed by atoms with Crippen molar-refractivity contribution in [2.75, 3.05) is 6.54 Å². The number of benzene rings is 1. The molecule has 0 unspecified atom stereocenters. The van der Waals surface area contributed by atoms with Crippen LogP contribution in [0, 0.1) is 11.3 Å². The normalized spacial score (nSPS) is 30.8. The fraction of sp³-hybridized carbons (Fsp3) is 0.571. The lowest BCUT2D eigenvalue weighted by Crippen LogP contribution is -2.77. The second kappa shape index (κ2) is 7.81. The zero-order valence-corrected chi connectivity index (χ0v) is 16.7. The van der Waals surface area contributed by atoms with Gasteiger partial charge in [-0.05, 0) is 37.7 Å². The van der Waals surface area contributed by atoms with Crippen molar-refractivity contribution in [2.45, 2.75) is 56.7 Å². The number of hydrogen-bond acceptors (Lipinski definition) is 5. The predicted octanol–water partition coefficient (Wildman–Crippen LogP) is 2.84. The van der Waals surface area contributed by atoms with Crippen LogP contribution < -0.4 is 10.6 Å². The molecule has 0 aromatic heterocycles. The molecule has 0 aliphatic heterocycles. The first-order chi connectivity index (χ1) is 14.6. The zero-order valence-electron chi connectivity index (χ0n) is 16.7. The molecule has 4 aliphatic carbocycles. The number of rotatable bonds is 8. The van der Waals surface area contributed by atoms with Crippen LogP contribution in [0.1, 0.15) is 37.7 Å². The van der Waals surface area contributed by atoms with Crippen LogP contribution in [-0.4, -0.2) is 42.3 Å². The number of alkyl carbamates (subject to hydrolysis) is 1. The Morgan fingerprint density at radius 1 is 1.06 bits per heavy atom. The number of alkyl halides is 3. The van der Waals surface area contributed by atoms with Crippen molar-refractivity contribution in [1.82, 2.24) is 10.6 Å². The molecule has 31 heavy (non-hydrogen) atoms. The molecule has 0 saturated heterocycles. The van der Waals surface area contributed by atoms with Gasteiger partial charge in [0.2, 0.25) is 5.91 Å². The summed E-state index contributed by atoms with van der Waals surface area (Å²) in [7, 11) is 0. The van der Waals surface area contributed by atoms with E-state index in [-0.39, 0.29) is 31.8 Å². The Hall–Kier alpha value is -2.62. The summed E-state index contributed by atoms with van der Waals surface area (Å²) in [6, 6.07) is 9.28. The molecule has 4 saturated carbocycles. The molecule has 0 atom stereocenters. The second-order valence-electron chi connectivity index (χ2n) is 8.77. The summed E-state index contributed by atoms with van der Waals surface area (Å²) in [5.41, 5.74) is -0.0918. The van der Waals surface area contributed by atoms with E-state index >= 15 is 0 Å². The standard InChI is InChI=1S/C21H23F3N2O5/c22-21(23,24)31-15-6-14(7-15)17(28)25-8-16(27)19-10-20(11-19,12-19)26-18(29)30-9-13-4-2-1-3-5-13/h1-5,14-15H,6-12H2,(H,25,28)(H,26,29)/t14-,15+,19?,20?. The fourth-order valence-corrected chi connectivity index (χ4v) is 4.76. The Balaban J connectivity index is 1.13. The minimum atomic E-state index is -4.70.